The van der Waals surface area contributed by atoms with E-state index in [1.54, 1.807) is 0 Å². The molecular formula is C14H17N. The SMILES string of the molecule is C=C(C#N)/C=C1\CC2(C)CC(=C)C2(C)C1. The smallest absolute Gasteiger partial charge is 0.0985 e. The molecule has 2 rings (SSSR count). The average molecular weight is 199 g/mol. The molecule has 0 heterocycles. The molecule has 2 aliphatic carbocycles. The first-order valence-corrected chi connectivity index (χ1v) is 5.38. The third kappa shape index (κ3) is 1.21. The fourth-order valence-corrected chi connectivity index (χ4v) is 3.18. The van der Waals surface area contributed by atoms with E-state index in [1.165, 1.54) is 11.1 Å². The zero-order valence-corrected chi connectivity index (χ0v) is 9.56. The lowest BCUT2D eigenvalue weighted by atomic mass is 9.50. The van der Waals surface area contributed by atoms with Gasteiger partial charge in [0, 0.05) is 5.57 Å². The summed E-state index contributed by atoms with van der Waals surface area (Å²) in [6, 6.07) is 2.08. The molecule has 2 aliphatic rings. The van der Waals surface area contributed by atoms with Crippen molar-refractivity contribution in [3.05, 3.63) is 36.0 Å². The quantitative estimate of drug-likeness (QED) is 0.466. The van der Waals surface area contributed by atoms with Gasteiger partial charge in [-0.15, -0.1) is 0 Å². The molecular weight excluding hydrogens is 182 g/mol. The van der Waals surface area contributed by atoms with E-state index in [1.807, 2.05) is 6.08 Å². The zero-order valence-electron chi connectivity index (χ0n) is 9.56. The van der Waals surface area contributed by atoms with Crippen molar-refractivity contribution in [2.75, 3.05) is 0 Å². The Morgan fingerprint density at radius 2 is 2.07 bits per heavy atom. The Morgan fingerprint density at radius 1 is 1.40 bits per heavy atom. The predicted octanol–water partition coefficient (Wildman–Crippen LogP) is 3.76. The van der Waals surface area contributed by atoms with Crippen molar-refractivity contribution < 1.29 is 0 Å². The number of fused-ring (bicyclic) bond motifs is 1. The summed E-state index contributed by atoms with van der Waals surface area (Å²) in [6.07, 6.45) is 5.26. The van der Waals surface area contributed by atoms with Gasteiger partial charge in [-0.3, -0.25) is 0 Å². The van der Waals surface area contributed by atoms with E-state index in [0.717, 1.165) is 19.3 Å². The van der Waals surface area contributed by atoms with Crippen LogP contribution in [0, 0.1) is 22.2 Å². The average Bonchev–Trinajstić information content (AvgIpc) is 2.35. The minimum Gasteiger partial charge on any atom is -0.192 e. The fraction of sp³-hybridized carbons (Fsp3) is 0.500. The number of hydrogen-bond donors (Lipinski definition) is 0. The summed E-state index contributed by atoms with van der Waals surface area (Å²) < 4.78 is 0. The Kier molecular flexibility index (Phi) is 1.95. The van der Waals surface area contributed by atoms with Crippen LogP contribution in [-0.4, -0.2) is 0 Å². The van der Waals surface area contributed by atoms with Gasteiger partial charge in [-0.1, -0.05) is 38.2 Å². The molecule has 1 nitrogen and oxygen atoms in total. The van der Waals surface area contributed by atoms with E-state index in [9.17, 15) is 0 Å². The number of nitriles is 1. The van der Waals surface area contributed by atoms with Gasteiger partial charge in [0.15, 0.2) is 0 Å². The van der Waals surface area contributed by atoms with Gasteiger partial charge in [-0.2, -0.15) is 5.26 Å². The minimum absolute atomic E-state index is 0.272. The minimum atomic E-state index is 0.272. The Hall–Kier alpha value is -1.29. The van der Waals surface area contributed by atoms with Gasteiger partial charge in [0.05, 0.1) is 6.07 Å². The fourth-order valence-electron chi connectivity index (χ4n) is 3.18. The Morgan fingerprint density at radius 3 is 2.53 bits per heavy atom. The van der Waals surface area contributed by atoms with E-state index >= 15 is 0 Å². The molecule has 0 aromatic carbocycles. The van der Waals surface area contributed by atoms with E-state index in [2.05, 4.69) is 33.1 Å². The topological polar surface area (TPSA) is 23.8 Å². The molecule has 2 saturated carbocycles. The van der Waals surface area contributed by atoms with Crippen LogP contribution in [-0.2, 0) is 0 Å². The Balaban J connectivity index is 2.26. The molecule has 0 aromatic heterocycles. The number of rotatable bonds is 1. The maximum absolute atomic E-state index is 8.71. The van der Waals surface area contributed by atoms with E-state index < -0.39 is 0 Å². The van der Waals surface area contributed by atoms with Crippen LogP contribution in [0.1, 0.15) is 33.1 Å². The monoisotopic (exact) mass is 199 g/mol. The maximum atomic E-state index is 8.71. The zero-order chi connectivity index (χ0) is 11.3. The molecule has 0 aromatic rings. The summed E-state index contributed by atoms with van der Waals surface area (Å²) in [5.41, 5.74) is 3.96. The molecule has 0 aliphatic heterocycles. The van der Waals surface area contributed by atoms with Crippen LogP contribution in [0.5, 0.6) is 0 Å². The highest BCUT2D eigenvalue weighted by Gasteiger charge is 2.59. The number of nitrogens with zero attached hydrogens (tertiary/aromatic N) is 1. The second-order valence-electron chi connectivity index (χ2n) is 5.47. The largest absolute Gasteiger partial charge is 0.192 e. The van der Waals surface area contributed by atoms with Gasteiger partial charge in [0.2, 0.25) is 0 Å². The van der Waals surface area contributed by atoms with Crippen LogP contribution in [0.4, 0.5) is 0 Å². The van der Waals surface area contributed by atoms with Crippen LogP contribution in [0.25, 0.3) is 0 Å². The van der Waals surface area contributed by atoms with Crippen molar-refractivity contribution in [2.45, 2.75) is 33.1 Å². The maximum Gasteiger partial charge on any atom is 0.0985 e. The lowest BCUT2D eigenvalue weighted by Crippen LogP contribution is -2.44. The number of allylic oxidation sites excluding steroid dienone is 4. The Bertz CT molecular complexity index is 421. The van der Waals surface area contributed by atoms with Crippen molar-refractivity contribution in [3.8, 4) is 6.07 Å². The van der Waals surface area contributed by atoms with Crippen LogP contribution < -0.4 is 0 Å². The first kappa shape index (κ1) is 10.2. The number of hydrogen-bond acceptors (Lipinski definition) is 1. The summed E-state index contributed by atoms with van der Waals surface area (Å²) >= 11 is 0. The highest BCUT2D eigenvalue weighted by atomic mass is 14.6. The van der Waals surface area contributed by atoms with Crippen LogP contribution in [0.3, 0.4) is 0 Å². The lowest BCUT2D eigenvalue weighted by Gasteiger charge is -2.53. The van der Waals surface area contributed by atoms with Crippen LogP contribution in [0.15, 0.2) is 36.0 Å². The van der Waals surface area contributed by atoms with Crippen molar-refractivity contribution in [1.29, 1.82) is 5.26 Å². The first-order valence-electron chi connectivity index (χ1n) is 5.38. The van der Waals surface area contributed by atoms with Crippen molar-refractivity contribution >= 4 is 0 Å². The lowest BCUT2D eigenvalue weighted by molar-refractivity contribution is 0.0647. The van der Waals surface area contributed by atoms with Gasteiger partial charge in [-0.05, 0) is 36.2 Å². The summed E-state index contributed by atoms with van der Waals surface area (Å²) in [6.45, 7) is 12.5. The van der Waals surface area contributed by atoms with Crippen LogP contribution in [0.2, 0.25) is 0 Å². The molecule has 2 unspecified atom stereocenters. The summed E-state index contributed by atoms with van der Waals surface area (Å²) in [4.78, 5) is 0. The highest BCUT2D eigenvalue weighted by Crippen LogP contribution is 2.69. The van der Waals surface area contributed by atoms with Crippen molar-refractivity contribution in [1.82, 2.24) is 0 Å². The molecule has 0 radical (unpaired) electrons. The van der Waals surface area contributed by atoms with Gasteiger partial charge in [-0.25, -0.2) is 0 Å². The predicted molar refractivity (Wildman–Crippen MR) is 62.0 cm³/mol. The second kappa shape index (κ2) is 2.85. The molecule has 2 atom stereocenters. The highest BCUT2D eigenvalue weighted by molar-refractivity contribution is 5.42. The Labute approximate surface area is 91.8 Å². The van der Waals surface area contributed by atoms with Gasteiger partial charge in [0.1, 0.15) is 0 Å². The molecule has 2 fully saturated rings. The molecule has 0 bridgehead atoms. The summed E-state index contributed by atoms with van der Waals surface area (Å²) in [5.74, 6) is 0. The van der Waals surface area contributed by atoms with Crippen LogP contribution >= 0.6 is 0 Å². The molecule has 0 spiro atoms. The van der Waals surface area contributed by atoms with E-state index in [-0.39, 0.29) is 5.41 Å². The molecule has 0 saturated heterocycles. The third-order valence-corrected chi connectivity index (χ3v) is 4.44. The summed E-state index contributed by atoms with van der Waals surface area (Å²) in [7, 11) is 0. The standard InChI is InChI=1S/C14H17N/c1-10(9-15)5-12-7-13(3)6-11(2)14(13,4)8-12/h5H,1-2,6-8H2,3-4H3/b12-5+. The molecule has 0 N–H and O–H groups in total. The van der Waals surface area contributed by atoms with Gasteiger partial charge in [0.25, 0.3) is 0 Å². The van der Waals surface area contributed by atoms with E-state index in [4.69, 9.17) is 5.26 Å². The molecule has 1 heteroatoms. The summed E-state index contributed by atoms with van der Waals surface area (Å²) in [5, 5.41) is 8.71. The third-order valence-electron chi connectivity index (χ3n) is 4.44. The molecule has 78 valence electrons. The normalized spacial score (nSPS) is 40.9. The second-order valence-corrected chi connectivity index (χ2v) is 5.47. The molecule has 15 heavy (non-hydrogen) atoms. The van der Waals surface area contributed by atoms with Gasteiger partial charge < -0.3 is 0 Å². The van der Waals surface area contributed by atoms with E-state index in [0.29, 0.717) is 11.0 Å². The van der Waals surface area contributed by atoms with Gasteiger partial charge >= 0.3 is 0 Å². The van der Waals surface area contributed by atoms with Crippen molar-refractivity contribution in [3.63, 3.8) is 0 Å². The first-order chi connectivity index (χ1) is 6.91. The van der Waals surface area contributed by atoms with Crippen molar-refractivity contribution in [2.24, 2.45) is 10.8 Å². The molecule has 0 amide bonds.